The first-order valence-electron chi connectivity index (χ1n) is 6.32. The highest BCUT2D eigenvalue weighted by Crippen LogP contribution is 2.26. The SMILES string of the molecule is CC1CCCC(OC(=O)c2ccc(F)c(N)c2)C1. The summed E-state index contributed by atoms with van der Waals surface area (Å²) in [5.74, 6) is -0.339. The lowest BCUT2D eigenvalue weighted by Gasteiger charge is -2.26. The summed E-state index contributed by atoms with van der Waals surface area (Å²) in [5.41, 5.74) is 5.72. The Bertz CT molecular complexity index is 447. The molecule has 1 aliphatic rings. The van der Waals surface area contributed by atoms with Crippen LogP contribution in [0.5, 0.6) is 0 Å². The normalized spacial score (nSPS) is 23.7. The Morgan fingerprint density at radius 2 is 2.22 bits per heavy atom. The highest BCUT2D eigenvalue weighted by molar-refractivity contribution is 5.90. The molecule has 1 aromatic rings. The van der Waals surface area contributed by atoms with Gasteiger partial charge in [-0.25, -0.2) is 9.18 Å². The lowest BCUT2D eigenvalue weighted by molar-refractivity contribution is 0.0155. The van der Waals surface area contributed by atoms with Crippen LogP contribution in [0.25, 0.3) is 0 Å². The third kappa shape index (κ3) is 3.00. The molecule has 1 aromatic carbocycles. The number of carbonyl (C=O) groups is 1. The molecule has 4 heteroatoms. The van der Waals surface area contributed by atoms with Crippen molar-refractivity contribution in [3.63, 3.8) is 0 Å². The predicted octanol–water partition coefficient (Wildman–Crippen LogP) is 3.14. The molecule has 0 amide bonds. The molecule has 0 aromatic heterocycles. The van der Waals surface area contributed by atoms with Crippen LogP contribution in [-0.4, -0.2) is 12.1 Å². The van der Waals surface area contributed by atoms with Crippen LogP contribution >= 0.6 is 0 Å². The summed E-state index contributed by atoms with van der Waals surface area (Å²) in [6.45, 7) is 2.16. The van der Waals surface area contributed by atoms with Gasteiger partial charge < -0.3 is 10.5 Å². The molecule has 2 N–H and O–H groups in total. The van der Waals surface area contributed by atoms with E-state index >= 15 is 0 Å². The van der Waals surface area contributed by atoms with E-state index in [1.54, 1.807) is 0 Å². The topological polar surface area (TPSA) is 52.3 Å². The summed E-state index contributed by atoms with van der Waals surface area (Å²) in [6, 6.07) is 3.92. The van der Waals surface area contributed by atoms with Gasteiger partial charge in [-0.15, -0.1) is 0 Å². The summed E-state index contributed by atoms with van der Waals surface area (Å²) in [6.07, 6.45) is 4.07. The standard InChI is InChI=1S/C14H18FNO2/c1-9-3-2-4-11(7-9)18-14(17)10-5-6-12(15)13(16)8-10/h5-6,8-9,11H,2-4,7,16H2,1H3. The highest BCUT2D eigenvalue weighted by atomic mass is 19.1. The van der Waals surface area contributed by atoms with Gasteiger partial charge in [0.25, 0.3) is 0 Å². The minimum atomic E-state index is -0.516. The summed E-state index contributed by atoms with van der Waals surface area (Å²) >= 11 is 0. The predicted molar refractivity (Wildman–Crippen MR) is 67.6 cm³/mol. The molecule has 18 heavy (non-hydrogen) atoms. The molecule has 1 aliphatic carbocycles. The Kier molecular flexibility index (Phi) is 3.84. The Morgan fingerprint density at radius 3 is 2.89 bits per heavy atom. The van der Waals surface area contributed by atoms with Crippen LogP contribution in [0.3, 0.4) is 0 Å². The van der Waals surface area contributed by atoms with E-state index in [1.807, 2.05) is 0 Å². The van der Waals surface area contributed by atoms with Crippen molar-refractivity contribution in [1.29, 1.82) is 0 Å². The Labute approximate surface area is 106 Å². The molecule has 2 unspecified atom stereocenters. The van der Waals surface area contributed by atoms with Crippen molar-refractivity contribution in [1.82, 2.24) is 0 Å². The van der Waals surface area contributed by atoms with Gasteiger partial charge in [-0.2, -0.15) is 0 Å². The van der Waals surface area contributed by atoms with Crippen molar-refractivity contribution in [3.05, 3.63) is 29.6 Å². The summed E-state index contributed by atoms with van der Waals surface area (Å²) in [5, 5.41) is 0. The van der Waals surface area contributed by atoms with Crippen LogP contribution in [0.4, 0.5) is 10.1 Å². The largest absolute Gasteiger partial charge is 0.459 e. The minimum absolute atomic E-state index is 0.0208. The van der Waals surface area contributed by atoms with Crippen LogP contribution in [0.1, 0.15) is 43.0 Å². The maximum absolute atomic E-state index is 13.0. The fourth-order valence-electron chi connectivity index (χ4n) is 2.38. The Morgan fingerprint density at radius 1 is 1.44 bits per heavy atom. The van der Waals surface area contributed by atoms with Gasteiger partial charge in [-0.1, -0.05) is 13.3 Å². The average molecular weight is 251 g/mol. The van der Waals surface area contributed by atoms with E-state index in [-0.39, 0.29) is 11.8 Å². The first-order valence-corrected chi connectivity index (χ1v) is 6.32. The number of anilines is 1. The van der Waals surface area contributed by atoms with Crippen LogP contribution in [0.2, 0.25) is 0 Å². The summed E-state index contributed by atoms with van der Waals surface area (Å²) < 4.78 is 18.4. The fraction of sp³-hybridized carbons (Fsp3) is 0.500. The van der Waals surface area contributed by atoms with Gasteiger partial charge in [0.15, 0.2) is 0 Å². The monoisotopic (exact) mass is 251 g/mol. The molecule has 3 nitrogen and oxygen atoms in total. The molecule has 2 atom stereocenters. The van der Waals surface area contributed by atoms with Crippen LogP contribution in [-0.2, 0) is 4.74 Å². The van der Waals surface area contributed by atoms with E-state index in [4.69, 9.17) is 10.5 Å². The number of hydrogen-bond donors (Lipinski definition) is 1. The zero-order valence-electron chi connectivity index (χ0n) is 10.5. The van der Waals surface area contributed by atoms with Crippen LogP contribution in [0, 0.1) is 11.7 Å². The third-order valence-corrected chi connectivity index (χ3v) is 3.39. The number of carbonyl (C=O) groups excluding carboxylic acids is 1. The van der Waals surface area contributed by atoms with Gasteiger partial charge in [0.2, 0.25) is 0 Å². The van der Waals surface area contributed by atoms with Crippen molar-refractivity contribution in [2.75, 3.05) is 5.73 Å². The number of hydrogen-bond acceptors (Lipinski definition) is 3. The number of nitrogen functional groups attached to an aromatic ring is 1. The number of benzene rings is 1. The molecule has 0 heterocycles. The van der Waals surface area contributed by atoms with E-state index in [1.165, 1.54) is 24.6 Å². The highest BCUT2D eigenvalue weighted by Gasteiger charge is 2.22. The first kappa shape index (κ1) is 12.9. The molecule has 0 aliphatic heterocycles. The number of halogens is 1. The average Bonchev–Trinajstić information content (AvgIpc) is 2.32. The number of esters is 1. The van der Waals surface area contributed by atoms with Crippen molar-refractivity contribution >= 4 is 11.7 Å². The zero-order valence-corrected chi connectivity index (χ0v) is 10.5. The molecule has 0 bridgehead atoms. The third-order valence-electron chi connectivity index (χ3n) is 3.39. The fourth-order valence-corrected chi connectivity index (χ4v) is 2.38. The molecule has 1 saturated carbocycles. The van der Waals surface area contributed by atoms with Gasteiger partial charge in [0.05, 0.1) is 11.3 Å². The Hall–Kier alpha value is -1.58. The molecule has 1 fully saturated rings. The number of ether oxygens (including phenoxy) is 1. The lowest BCUT2D eigenvalue weighted by atomic mass is 9.89. The molecule has 98 valence electrons. The van der Waals surface area contributed by atoms with Crippen molar-refractivity contribution < 1.29 is 13.9 Å². The van der Waals surface area contributed by atoms with Crippen molar-refractivity contribution in [2.45, 2.75) is 38.7 Å². The lowest BCUT2D eigenvalue weighted by Crippen LogP contribution is -2.24. The van der Waals surface area contributed by atoms with Gasteiger partial charge in [-0.3, -0.25) is 0 Å². The number of rotatable bonds is 2. The van der Waals surface area contributed by atoms with E-state index in [2.05, 4.69) is 6.92 Å². The van der Waals surface area contributed by atoms with Gasteiger partial charge in [-0.05, 0) is 43.4 Å². The maximum Gasteiger partial charge on any atom is 0.338 e. The molecule has 0 spiro atoms. The summed E-state index contributed by atoms with van der Waals surface area (Å²) in [7, 11) is 0. The second-order valence-electron chi connectivity index (χ2n) is 5.04. The molecule has 0 radical (unpaired) electrons. The van der Waals surface area contributed by atoms with Crippen molar-refractivity contribution in [2.24, 2.45) is 5.92 Å². The first-order chi connectivity index (χ1) is 8.56. The minimum Gasteiger partial charge on any atom is -0.459 e. The van der Waals surface area contributed by atoms with E-state index < -0.39 is 11.8 Å². The smallest absolute Gasteiger partial charge is 0.338 e. The van der Waals surface area contributed by atoms with Gasteiger partial charge in [0, 0.05) is 0 Å². The summed E-state index contributed by atoms with van der Waals surface area (Å²) in [4.78, 5) is 11.9. The van der Waals surface area contributed by atoms with Crippen molar-refractivity contribution in [3.8, 4) is 0 Å². The molecular weight excluding hydrogens is 233 g/mol. The Balaban J connectivity index is 2.00. The quantitative estimate of drug-likeness (QED) is 0.649. The maximum atomic E-state index is 13.0. The van der Waals surface area contributed by atoms with Crippen LogP contribution < -0.4 is 5.73 Å². The second-order valence-corrected chi connectivity index (χ2v) is 5.04. The van der Waals surface area contributed by atoms with E-state index in [0.29, 0.717) is 11.5 Å². The van der Waals surface area contributed by atoms with Gasteiger partial charge in [0.1, 0.15) is 11.9 Å². The van der Waals surface area contributed by atoms with Gasteiger partial charge >= 0.3 is 5.97 Å². The second kappa shape index (κ2) is 5.38. The van der Waals surface area contributed by atoms with E-state index in [0.717, 1.165) is 19.3 Å². The number of nitrogens with two attached hydrogens (primary N) is 1. The molecule has 2 rings (SSSR count). The molecular formula is C14H18FNO2. The van der Waals surface area contributed by atoms with Crippen LogP contribution in [0.15, 0.2) is 18.2 Å². The zero-order chi connectivity index (χ0) is 13.1. The molecule has 0 saturated heterocycles. The van der Waals surface area contributed by atoms with E-state index in [9.17, 15) is 9.18 Å².